The average molecular weight is 258 g/mol. The van der Waals surface area contributed by atoms with Crippen LogP contribution in [-0.2, 0) is 4.74 Å². The van der Waals surface area contributed by atoms with Crippen molar-refractivity contribution in [1.82, 2.24) is 10.6 Å². The number of ether oxygens (including phenoxy) is 1. The summed E-state index contributed by atoms with van der Waals surface area (Å²) in [6.45, 7) is 4.89. The van der Waals surface area contributed by atoms with Gasteiger partial charge in [-0.1, -0.05) is 13.8 Å². The minimum Gasteiger partial charge on any atom is -0.389 e. The van der Waals surface area contributed by atoms with Crippen LogP contribution in [0.1, 0.15) is 33.1 Å². The molecule has 0 aliphatic heterocycles. The maximum absolute atomic E-state index is 11.7. The molecule has 1 fully saturated rings. The van der Waals surface area contributed by atoms with Gasteiger partial charge in [0.05, 0.1) is 12.7 Å². The number of hydrogen-bond acceptors (Lipinski definition) is 3. The topological polar surface area (TPSA) is 70.6 Å². The van der Waals surface area contributed by atoms with Crippen LogP contribution in [0.5, 0.6) is 0 Å². The summed E-state index contributed by atoms with van der Waals surface area (Å²) in [5.74, 6) is 1.27. The van der Waals surface area contributed by atoms with Gasteiger partial charge in [-0.05, 0) is 31.1 Å². The van der Waals surface area contributed by atoms with Crippen LogP contribution in [0.25, 0.3) is 0 Å². The van der Waals surface area contributed by atoms with Crippen LogP contribution >= 0.6 is 0 Å². The van der Waals surface area contributed by atoms with Crippen molar-refractivity contribution in [2.24, 2.45) is 11.8 Å². The van der Waals surface area contributed by atoms with E-state index in [1.165, 1.54) is 13.5 Å². The van der Waals surface area contributed by atoms with Crippen molar-refractivity contribution >= 4 is 6.03 Å². The van der Waals surface area contributed by atoms with Gasteiger partial charge in [0.1, 0.15) is 0 Å². The first-order valence-corrected chi connectivity index (χ1v) is 6.74. The van der Waals surface area contributed by atoms with Crippen LogP contribution in [0.2, 0.25) is 0 Å². The molecule has 1 aliphatic rings. The van der Waals surface area contributed by atoms with Gasteiger partial charge in [0.25, 0.3) is 0 Å². The quantitative estimate of drug-likeness (QED) is 0.692. The minimum atomic E-state index is -0.649. The Bertz CT molecular complexity index is 261. The molecule has 106 valence electrons. The van der Waals surface area contributed by atoms with Crippen LogP contribution < -0.4 is 10.6 Å². The number of nitrogens with one attached hydrogen (secondary N) is 2. The van der Waals surface area contributed by atoms with Crippen molar-refractivity contribution in [3.05, 3.63) is 0 Å². The molecular formula is C13H26N2O3. The summed E-state index contributed by atoms with van der Waals surface area (Å²) in [5, 5.41) is 15.1. The van der Waals surface area contributed by atoms with E-state index in [-0.39, 0.29) is 25.2 Å². The van der Waals surface area contributed by atoms with Gasteiger partial charge >= 0.3 is 6.03 Å². The first-order chi connectivity index (χ1) is 8.52. The molecule has 2 amide bonds. The second-order valence-electron chi connectivity index (χ2n) is 5.47. The van der Waals surface area contributed by atoms with Gasteiger partial charge in [-0.3, -0.25) is 0 Å². The van der Waals surface area contributed by atoms with Crippen LogP contribution in [0.4, 0.5) is 4.79 Å². The highest BCUT2D eigenvalue weighted by atomic mass is 16.5. The molecule has 4 atom stereocenters. The van der Waals surface area contributed by atoms with Crippen molar-refractivity contribution in [3.8, 4) is 0 Å². The van der Waals surface area contributed by atoms with Gasteiger partial charge in [0, 0.05) is 19.7 Å². The molecule has 4 unspecified atom stereocenters. The maximum atomic E-state index is 11.7. The monoisotopic (exact) mass is 258 g/mol. The first kappa shape index (κ1) is 15.2. The molecule has 0 saturated heterocycles. The van der Waals surface area contributed by atoms with Gasteiger partial charge in [-0.25, -0.2) is 4.79 Å². The number of carbonyl (C=O) groups is 1. The smallest absolute Gasteiger partial charge is 0.315 e. The highest BCUT2D eigenvalue weighted by Crippen LogP contribution is 2.28. The van der Waals surface area contributed by atoms with E-state index >= 15 is 0 Å². The minimum absolute atomic E-state index is 0.198. The number of rotatable bonds is 5. The van der Waals surface area contributed by atoms with Crippen molar-refractivity contribution in [2.75, 3.05) is 20.3 Å². The lowest BCUT2D eigenvalue weighted by molar-refractivity contribution is 0.0657. The van der Waals surface area contributed by atoms with Crippen LogP contribution in [0, 0.1) is 11.8 Å². The molecular weight excluding hydrogens is 232 g/mol. The van der Waals surface area contributed by atoms with E-state index in [2.05, 4.69) is 24.5 Å². The van der Waals surface area contributed by atoms with Gasteiger partial charge in [0.15, 0.2) is 0 Å². The summed E-state index contributed by atoms with van der Waals surface area (Å²) >= 11 is 0. The molecule has 5 heteroatoms. The number of carbonyl (C=O) groups excluding carboxylic acids is 1. The fourth-order valence-electron chi connectivity index (χ4n) is 2.56. The van der Waals surface area contributed by atoms with E-state index in [1.54, 1.807) is 0 Å². The third kappa shape index (κ3) is 5.23. The third-order valence-corrected chi connectivity index (χ3v) is 3.61. The Balaban J connectivity index is 2.23. The summed E-state index contributed by atoms with van der Waals surface area (Å²) in [7, 11) is 1.52. The maximum Gasteiger partial charge on any atom is 0.315 e. The number of aliphatic hydroxyl groups excluding tert-OH is 1. The Hall–Kier alpha value is -0.810. The van der Waals surface area contributed by atoms with Crippen molar-refractivity contribution in [2.45, 2.75) is 45.3 Å². The zero-order valence-corrected chi connectivity index (χ0v) is 11.6. The molecule has 5 nitrogen and oxygen atoms in total. The van der Waals surface area contributed by atoms with E-state index in [0.717, 1.165) is 18.8 Å². The van der Waals surface area contributed by atoms with Gasteiger partial charge in [0.2, 0.25) is 0 Å². The summed E-state index contributed by atoms with van der Waals surface area (Å²) in [6, 6.07) is 0.0531. The molecule has 0 aromatic heterocycles. The van der Waals surface area contributed by atoms with Gasteiger partial charge in [-0.2, -0.15) is 0 Å². The Morgan fingerprint density at radius 3 is 2.78 bits per heavy atom. The van der Waals surface area contributed by atoms with Crippen molar-refractivity contribution in [1.29, 1.82) is 0 Å². The van der Waals surface area contributed by atoms with E-state index in [1.807, 2.05) is 0 Å². The van der Waals surface area contributed by atoms with Gasteiger partial charge < -0.3 is 20.5 Å². The first-order valence-electron chi connectivity index (χ1n) is 6.74. The molecule has 0 spiro atoms. The summed E-state index contributed by atoms with van der Waals surface area (Å²) in [5.41, 5.74) is 0. The second-order valence-corrected chi connectivity index (χ2v) is 5.47. The largest absolute Gasteiger partial charge is 0.389 e. The number of hydrogen-bond donors (Lipinski definition) is 3. The lowest BCUT2D eigenvalue weighted by atomic mass is 9.80. The summed E-state index contributed by atoms with van der Waals surface area (Å²) in [4.78, 5) is 11.7. The van der Waals surface area contributed by atoms with Crippen molar-refractivity contribution in [3.63, 3.8) is 0 Å². The second kappa shape index (κ2) is 7.59. The summed E-state index contributed by atoms with van der Waals surface area (Å²) in [6.07, 6.45) is 2.72. The Kier molecular flexibility index (Phi) is 6.43. The lowest BCUT2D eigenvalue weighted by Gasteiger charge is -2.33. The molecule has 18 heavy (non-hydrogen) atoms. The zero-order valence-electron chi connectivity index (χ0n) is 11.6. The van der Waals surface area contributed by atoms with Crippen LogP contribution in [-0.4, -0.2) is 43.5 Å². The van der Waals surface area contributed by atoms with E-state index in [4.69, 9.17) is 4.74 Å². The van der Waals surface area contributed by atoms with E-state index < -0.39 is 6.10 Å². The number of amides is 2. The Morgan fingerprint density at radius 1 is 1.44 bits per heavy atom. The Morgan fingerprint density at radius 2 is 2.17 bits per heavy atom. The van der Waals surface area contributed by atoms with E-state index in [9.17, 15) is 9.90 Å². The number of urea groups is 1. The van der Waals surface area contributed by atoms with E-state index in [0.29, 0.717) is 5.92 Å². The molecule has 0 bridgehead atoms. The molecule has 0 heterocycles. The molecule has 0 aromatic carbocycles. The molecule has 3 N–H and O–H groups in total. The number of aliphatic hydroxyl groups is 1. The molecule has 0 radical (unpaired) electrons. The number of methoxy groups -OCH3 is 1. The lowest BCUT2D eigenvalue weighted by Crippen LogP contribution is -2.48. The zero-order chi connectivity index (χ0) is 13.5. The molecule has 1 saturated carbocycles. The van der Waals surface area contributed by atoms with Crippen LogP contribution in [0.15, 0.2) is 0 Å². The Labute approximate surface area is 109 Å². The highest BCUT2D eigenvalue weighted by molar-refractivity contribution is 5.74. The molecule has 1 rings (SSSR count). The fraction of sp³-hybridized carbons (Fsp3) is 0.923. The average Bonchev–Trinajstić information content (AvgIpc) is 2.31. The molecule has 1 aliphatic carbocycles. The predicted molar refractivity (Wildman–Crippen MR) is 70.4 cm³/mol. The molecule has 0 aromatic rings. The standard InChI is InChI=1S/C13H26N2O3/c1-9-4-5-12(10(2)6-9)15-13(17)14-7-11(16)8-18-3/h9-12,16H,4-8H2,1-3H3,(H2,14,15,17). The third-order valence-electron chi connectivity index (χ3n) is 3.61. The predicted octanol–water partition coefficient (Wildman–Crippen LogP) is 1.12. The highest BCUT2D eigenvalue weighted by Gasteiger charge is 2.26. The fourth-order valence-corrected chi connectivity index (χ4v) is 2.56. The van der Waals surface area contributed by atoms with Crippen molar-refractivity contribution < 1.29 is 14.6 Å². The normalized spacial score (nSPS) is 29.7. The summed E-state index contributed by atoms with van der Waals surface area (Å²) < 4.78 is 4.79. The van der Waals surface area contributed by atoms with Gasteiger partial charge in [-0.15, -0.1) is 0 Å². The SMILES string of the molecule is COCC(O)CNC(=O)NC1CCC(C)CC1C. The van der Waals surface area contributed by atoms with Crippen LogP contribution in [0.3, 0.4) is 0 Å².